The van der Waals surface area contributed by atoms with Crippen LogP contribution in [0.25, 0.3) is 0 Å². The van der Waals surface area contributed by atoms with Gasteiger partial charge < -0.3 is 14.9 Å². The van der Waals surface area contributed by atoms with E-state index in [9.17, 15) is 4.79 Å². The number of ether oxygens (including phenoxy) is 1. The summed E-state index contributed by atoms with van der Waals surface area (Å²) in [6.45, 7) is 1.52. The van der Waals surface area contributed by atoms with Gasteiger partial charge >= 0.3 is 12.0 Å². The third-order valence-corrected chi connectivity index (χ3v) is 0.969. The predicted molar refractivity (Wildman–Crippen MR) is 35.8 cm³/mol. The van der Waals surface area contributed by atoms with Crippen molar-refractivity contribution in [3.05, 3.63) is 12.5 Å². The number of carbonyl (C=O) groups is 1. The number of aromatic nitrogens is 1. The molecule has 11 heavy (non-hydrogen) atoms. The third kappa shape index (κ3) is 2.05. The average molecular weight is 156 g/mol. The molecule has 0 fully saturated rings. The zero-order chi connectivity index (χ0) is 8.27. The van der Waals surface area contributed by atoms with Gasteiger partial charge in [0.1, 0.15) is 12.3 Å². The van der Waals surface area contributed by atoms with Crippen molar-refractivity contribution in [1.82, 2.24) is 4.98 Å². The van der Waals surface area contributed by atoms with E-state index in [-0.39, 0.29) is 6.08 Å². The molecule has 5 nitrogen and oxygen atoms in total. The maximum absolute atomic E-state index is 10.8. The quantitative estimate of drug-likeness (QED) is 0.606. The van der Waals surface area contributed by atoms with Crippen molar-refractivity contribution in [2.45, 2.75) is 13.0 Å². The Kier molecular flexibility index (Phi) is 2.22. The fourth-order valence-corrected chi connectivity index (χ4v) is 0.440. The molecule has 0 aliphatic heterocycles. The molecule has 0 aromatic carbocycles. The summed E-state index contributed by atoms with van der Waals surface area (Å²) >= 11 is 0. The Hall–Kier alpha value is -1.36. The van der Waals surface area contributed by atoms with Crippen LogP contribution in [0.3, 0.4) is 0 Å². The molecule has 0 spiro atoms. The van der Waals surface area contributed by atoms with Crippen molar-refractivity contribution < 1.29 is 13.9 Å². The highest BCUT2D eigenvalue weighted by Crippen LogP contribution is 2.04. The van der Waals surface area contributed by atoms with Gasteiger partial charge in [-0.2, -0.15) is 4.98 Å². The highest BCUT2D eigenvalue weighted by molar-refractivity contribution is 5.76. The molecule has 1 aromatic rings. The highest BCUT2D eigenvalue weighted by Gasteiger charge is 2.11. The van der Waals surface area contributed by atoms with Crippen LogP contribution >= 0.6 is 0 Å². The molecule has 1 rings (SSSR count). The number of rotatable bonds is 2. The van der Waals surface area contributed by atoms with Gasteiger partial charge in [-0.3, -0.25) is 0 Å². The minimum Gasteiger partial charge on any atom is -0.417 e. The van der Waals surface area contributed by atoms with Crippen molar-refractivity contribution in [3.8, 4) is 6.08 Å². The molecule has 2 N–H and O–H groups in total. The Morgan fingerprint density at radius 2 is 2.64 bits per heavy atom. The minimum absolute atomic E-state index is 0.0766. The summed E-state index contributed by atoms with van der Waals surface area (Å²) in [5.41, 5.74) is 5.21. The number of nitrogens with zero attached hydrogens (tertiary/aromatic N) is 1. The van der Waals surface area contributed by atoms with Gasteiger partial charge in [-0.05, 0) is 6.92 Å². The molecule has 0 saturated carbocycles. The van der Waals surface area contributed by atoms with Gasteiger partial charge in [-0.15, -0.1) is 0 Å². The van der Waals surface area contributed by atoms with Gasteiger partial charge in [0.15, 0.2) is 0 Å². The van der Waals surface area contributed by atoms with E-state index in [1.807, 2.05) is 0 Å². The molecule has 0 aliphatic carbocycles. The first kappa shape index (κ1) is 7.74. The van der Waals surface area contributed by atoms with Gasteiger partial charge in [0.25, 0.3) is 0 Å². The van der Waals surface area contributed by atoms with E-state index in [0.29, 0.717) is 0 Å². The standard InChI is InChI=1S/C6H8N2O3/c1-4(7)5(9)11-6-8-2-3-10-6/h2-4H,7H2,1H3/t4-/m0/s1. The Bertz CT molecular complexity index is 230. The fourth-order valence-electron chi connectivity index (χ4n) is 0.440. The summed E-state index contributed by atoms with van der Waals surface area (Å²) in [5, 5.41) is 0. The summed E-state index contributed by atoms with van der Waals surface area (Å²) in [5.74, 6) is -0.563. The number of nitrogens with two attached hydrogens (primary N) is 1. The smallest absolute Gasteiger partial charge is 0.401 e. The highest BCUT2D eigenvalue weighted by atomic mass is 16.6. The largest absolute Gasteiger partial charge is 0.417 e. The molecule has 5 heteroatoms. The number of carbonyl (C=O) groups excluding carboxylic acids is 1. The molecule has 60 valence electrons. The van der Waals surface area contributed by atoms with E-state index in [2.05, 4.69) is 14.1 Å². The molecule has 0 bridgehead atoms. The van der Waals surface area contributed by atoms with Crippen LogP contribution in [0.2, 0.25) is 0 Å². The van der Waals surface area contributed by atoms with Crippen LogP contribution in [0.4, 0.5) is 0 Å². The Morgan fingerprint density at radius 3 is 3.09 bits per heavy atom. The van der Waals surface area contributed by atoms with Crippen LogP contribution in [-0.2, 0) is 4.79 Å². The minimum atomic E-state index is -0.665. The maximum Gasteiger partial charge on any atom is 0.401 e. The van der Waals surface area contributed by atoms with E-state index in [1.54, 1.807) is 0 Å². The first-order chi connectivity index (χ1) is 5.20. The Labute approximate surface area is 63.2 Å². The molecule has 0 aliphatic rings. The number of hydrogen-bond donors (Lipinski definition) is 1. The second kappa shape index (κ2) is 3.16. The van der Waals surface area contributed by atoms with Crippen molar-refractivity contribution in [2.24, 2.45) is 5.73 Å². The van der Waals surface area contributed by atoms with Gasteiger partial charge in [-0.25, -0.2) is 4.79 Å². The second-order valence-electron chi connectivity index (χ2n) is 2.01. The van der Waals surface area contributed by atoms with Crippen molar-refractivity contribution in [2.75, 3.05) is 0 Å². The van der Waals surface area contributed by atoms with Crippen molar-refractivity contribution >= 4 is 5.97 Å². The average Bonchev–Trinajstić information content (AvgIpc) is 2.39. The van der Waals surface area contributed by atoms with Gasteiger partial charge in [-0.1, -0.05) is 0 Å². The molecule has 1 heterocycles. The van der Waals surface area contributed by atoms with E-state index in [1.165, 1.54) is 19.4 Å². The summed E-state index contributed by atoms with van der Waals surface area (Å²) < 4.78 is 9.22. The van der Waals surface area contributed by atoms with E-state index in [4.69, 9.17) is 5.73 Å². The number of oxazole rings is 1. The lowest BCUT2D eigenvalue weighted by Crippen LogP contribution is -2.30. The lowest BCUT2D eigenvalue weighted by molar-refractivity contribution is -0.136. The summed E-state index contributed by atoms with van der Waals surface area (Å²) in [6, 6.07) is -0.665. The predicted octanol–water partition coefficient (Wildman–Crippen LogP) is -0.0728. The Morgan fingerprint density at radius 1 is 1.91 bits per heavy atom. The maximum atomic E-state index is 10.8. The summed E-state index contributed by atoms with van der Waals surface area (Å²) in [6.07, 6.45) is 2.61. The molecule has 1 atom stereocenters. The first-order valence-corrected chi connectivity index (χ1v) is 3.07. The van der Waals surface area contributed by atoms with Crippen LogP contribution in [0, 0.1) is 0 Å². The van der Waals surface area contributed by atoms with E-state index < -0.39 is 12.0 Å². The van der Waals surface area contributed by atoms with Crippen LogP contribution in [-0.4, -0.2) is 17.0 Å². The molecule has 0 saturated heterocycles. The third-order valence-electron chi connectivity index (χ3n) is 0.969. The van der Waals surface area contributed by atoms with Gasteiger partial charge in [0, 0.05) is 0 Å². The monoisotopic (exact) mass is 156 g/mol. The van der Waals surface area contributed by atoms with Crippen LogP contribution in [0.1, 0.15) is 6.92 Å². The second-order valence-corrected chi connectivity index (χ2v) is 2.01. The summed E-state index contributed by atoms with van der Waals surface area (Å²) in [4.78, 5) is 14.3. The molecule has 0 amide bonds. The topological polar surface area (TPSA) is 78.4 Å². The van der Waals surface area contributed by atoms with E-state index in [0.717, 1.165) is 0 Å². The van der Waals surface area contributed by atoms with Crippen LogP contribution in [0.15, 0.2) is 16.9 Å². The fraction of sp³-hybridized carbons (Fsp3) is 0.333. The van der Waals surface area contributed by atoms with Gasteiger partial charge in [0.05, 0.1) is 6.20 Å². The zero-order valence-corrected chi connectivity index (χ0v) is 5.98. The zero-order valence-electron chi connectivity index (χ0n) is 5.98. The summed E-state index contributed by atoms with van der Waals surface area (Å²) in [7, 11) is 0. The van der Waals surface area contributed by atoms with Crippen LogP contribution in [0.5, 0.6) is 6.08 Å². The van der Waals surface area contributed by atoms with E-state index >= 15 is 0 Å². The molecule has 0 radical (unpaired) electrons. The lowest BCUT2D eigenvalue weighted by atomic mass is 10.4. The van der Waals surface area contributed by atoms with Crippen LogP contribution < -0.4 is 10.5 Å². The van der Waals surface area contributed by atoms with Gasteiger partial charge in [0.2, 0.25) is 0 Å². The lowest BCUT2D eigenvalue weighted by Gasteiger charge is -2.00. The van der Waals surface area contributed by atoms with Crippen molar-refractivity contribution in [3.63, 3.8) is 0 Å². The first-order valence-electron chi connectivity index (χ1n) is 3.07. The number of hydrogen-bond acceptors (Lipinski definition) is 5. The molecular weight excluding hydrogens is 148 g/mol. The van der Waals surface area contributed by atoms with Crippen molar-refractivity contribution in [1.29, 1.82) is 0 Å². The number of esters is 1. The Balaban J connectivity index is 2.50. The molecule has 0 unspecified atom stereocenters. The molecular formula is C6H8N2O3. The SMILES string of the molecule is C[C@H](N)C(=O)Oc1ncco1. The molecule has 1 aromatic heterocycles. The normalized spacial score (nSPS) is 12.5.